The smallest absolute Gasteiger partial charge is 0.148 e. The van der Waals surface area contributed by atoms with Gasteiger partial charge in [-0.05, 0) is 26.1 Å². The Labute approximate surface area is 106 Å². The van der Waals surface area contributed by atoms with Gasteiger partial charge < -0.3 is 9.80 Å². The number of rotatable bonds is 1. The molecule has 17 heavy (non-hydrogen) atoms. The number of nitriles is 1. The number of hydrogen-bond acceptors (Lipinski definition) is 4. The Morgan fingerprint density at radius 2 is 2.18 bits per heavy atom. The van der Waals surface area contributed by atoms with Gasteiger partial charge in [-0.2, -0.15) is 5.26 Å². The predicted molar refractivity (Wildman–Crippen MR) is 68.3 cm³/mol. The van der Waals surface area contributed by atoms with Crippen LogP contribution in [0.1, 0.15) is 12.0 Å². The predicted octanol–water partition coefficient (Wildman–Crippen LogP) is 1.75. The van der Waals surface area contributed by atoms with Crippen molar-refractivity contribution in [1.29, 1.82) is 5.26 Å². The zero-order valence-electron chi connectivity index (χ0n) is 9.86. The second-order valence-electron chi connectivity index (χ2n) is 4.25. The number of aromatic nitrogens is 1. The number of halogens is 1. The fourth-order valence-electron chi connectivity index (χ4n) is 2.00. The molecule has 1 aromatic rings. The van der Waals surface area contributed by atoms with Crippen molar-refractivity contribution < 1.29 is 0 Å². The van der Waals surface area contributed by atoms with Crippen LogP contribution in [-0.4, -0.2) is 43.1 Å². The molecule has 0 unspecified atom stereocenters. The summed E-state index contributed by atoms with van der Waals surface area (Å²) in [5, 5.41) is 9.42. The molecule has 2 heterocycles. The van der Waals surface area contributed by atoms with Gasteiger partial charge in [0.25, 0.3) is 0 Å². The lowest BCUT2D eigenvalue weighted by molar-refractivity contribution is 0.360. The maximum absolute atomic E-state index is 8.95. The zero-order valence-corrected chi connectivity index (χ0v) is 10.6. The molecule has 0 radical (unpaired) electrons. The van der Waals surface area contributed by atoms with Crippen molar-refractivity contribution in [2.75, 3.05) is 38.1 Å². The molecule has 2 rings (SSSR count). The number of nitrogens with zero attached hydrogens (tertiary/aromatic N) is 4. The lowest BCUT2D eigenvalue weighted by atomic mass is 10.2. The first-order valence-electron chi connectivity index (χ1n) is 5.70. The average Bonchev–Trinajstić information content (AvgIpc) is 2.54. The van der Waals surface area contributed by atoms with E-state index in [9.17, 15) is 0 Å². The Kier molecular flexibility index (Phi) is 3.82. The van der Waals surface area contributed by atoms with E-state index in [1.165, 1.54) is 0 Å². The third-order valence-electron chi connectivity index (χ3n) is 3.01. The normalized spacial score (nSPS) is 17.6. The lowest BCUT2D eigenvalue weighted by Gasteiger charge is -2.22. The van der Waals surface area contributed by atoms with Crippen LogP contribution in [0.25, 0.3) is 0 Å². The summed E-state index contributed by atoms with van der Waals surface area (Å²) in [6.07, 6.45) is 2.74. The molecule has 5 heteroatoms. The third-order valence-corrected chi connectivity index (χ3v) is 3.38. The standard InChI is InChI=1S/C12H15ClN4/c1-16-5-2-6-17(8-7-16)12-11(13)10(9-14)3-4-15-12/h3-4H,2,5-8H2,1H3. The van der Waals surface area contributed by atoms with Crippen molar-refractivity contribution in [1.82, 2.24) is 9.88 Å². The van der Waals surface area contributed by atoms with Gasteiger partial charge in [0, 0.05) is 25.8 Å². The first-order valence-corrected chi connectivity index (χ1v) is 6.08. The maximum Gasteiger partial charge on any atom is 0.148 e. The van der Waals surface area contributed by atoms with E-state index >= 15 is 0 Å². The van der Waals surface area contributed by atoms with E-state index < -0.39 is 0 Å². The van der Waals surface area contributed by atoms with Gasteiger partial charge in [0.15, 0.2) is 0 Å². The van der Waals surface area contributed by atoms with Gasteiger partial charge in [0.05, 0.1) is 5.56 Å². The van der Waals surface area contributed by atoms with E-state index in [0.29, 0.717) is 10.6 Å². The van der Waals surface area contributed by atoms with Crippen LogP contribution in [0.5, 0.6) is 0 Å². The van der Waals surface area contributed by atoms with E-state index in [0.717, 1.165) is 38.4 Å². The van der Waals surface area contributed by atoms with Gasteiger partial charge in [0.2, 0.25) is 0 Å². The minimum atomic E-state index is 0.472. The fraction of sp³-hybridized carbons (Fsp3) is 0.500. The Bertz CT molecular complexity index is 441. The summed E-state index contributed by atoms with van der Waals surface area (Å²) in [4.78, 5) is 8.75. The van der Waals surface area contributed by atoms with E-state index in [1.54, 1.807) is 12.3 Å². The molecule has 0 atom stereocenters. The van der Waals surface area contributed by atoms with Crippen molar-refractivity contribution in [2.24, 2.45) is 0 Å². The molecule has 1 aliphatic rings. The third kappa shape index (κ3) is 2.68. The number of likely N-dealkylation sites (N-methyl/N-ethyl adjacent to an activating group) is 1. The monoisotopic (exact) mass is 250 g/mol. The summed E-state index contributed by atoms with van der Waals surface area (Å²) in [5.74, 6) is 0.737. The molecule has 1 aromatic heterocycles. The summed E-state index contributed by atoms with van der Waals surface area (Å²) < 4.78 is 0. The van der Waals surface area contributed by atoms with Crippen LogP contribution in [-0.2, 0) is 0 Å². The summed E-state index contributed by atoms with van der Waals surface area (Å²) in [7, 11) is 2.12. The Hall–Kier alpha value is -1.31. The van der Waals surface area contributed by atoms with Crippen LogP contribution in [0.15, 0.2) is 12.3 Å². The summed E-state index contributed by atoms with van der Waals surface area (Å²) in [5.41, 5.74) is 0.495. The van der Waals surface area contributed by atoms with Gasteiger partial charge in [0.1, 0.15) is 16.9 Å². The molecular formula is C12H15ClN4. The average molecular weight is 251 g/mol. The first kappa shape index (κ1) is 12.2. The van der Waals surface area contributed by atoms with Crippen LogP contribution >= 0.6 is 11.6 Å². The molecule has 1 saturated heterocycles. The first-order chi connectivity index (χ1) is 8.22. The fourth-order valence-corrected chi connectivity index (χ4v) is 2.27. The highest BCUT2D eigenvalue weighted by atomic mass is 35.5. The van der Waals surface area contributed by atoms with Crippen molar-refractivity contribution in [3.8, 4) is 6.07 Å². The molecule has 0 aromatic carbocycles. The molecule has 1 fully saturated rings. The molecule has 0 aliphatic carbocycles. The number of hydrogen-bond donors (Lipinski definition) is 0. The molecule has 0 bridgehead atoms. The van der Waals surface area contributed by atoms with Crippen LogP contribution < -0.4 is 4.90 Å². The quantitative estimate of drug-likeness (QED) is 0.762. The summed E-state index contributed by atoms with van der Waals surface area (Å²) in [6, 6.07) is 3.74. The van der Waals surface area contributed by atoms with Crippen LogP contribution in [0, 0.1) is 11.3 Å². The largest absolute Gasteiger partial charge is 0.354 e. The number of pyridine rings is 1. The topological polar surface area (TPSA) is 43.2 Å². The van der Waals surface area contributed by atoms with Crippen molar-refractivity contribution in [2.45, 2.75) is 6.42 Å². The van der Waals surface area contributed by atoms with Gasteiger partial charge in [-0.15, -0.1) is 0 Å². The Morgan fingerprint density at radius 3 is 2.94 bits per heavy atom. The molecule has 0 spiro atoms. The Morgan fingerprint density at radius 1 is 1.35 bits per heavy atom. The van der Waals surface area contributed by atoms with Crippen LogP contribution in [0.3, 0.4) is 0 Å². The Balaban J connectivity index is 2.25. The van der Waals surface area contributed by atoms with Gasteiger partial charge >= 0.3 is 0 Å². The molecule has 0 saturated carbocycles. The van der Waals surface area contributed by atoms with Gasteiger partial charge in [-0.3, -0.25) is 0 Å². The van der Waals surface area contributed by atoms with Crippen molar-refractivity contribution in [3.05, 3.63) is 22.8 Å². The maximum atomic E-state index is 8.95. The van der Waals surface area contributed by atoms with E-state index in [1.807, 2.05) is 0 Å². The second-order valence-corrected chi connectivity index (χ2v) is 4.63. The molecular weight excluding hydrogens is 236 g/mol. The van der Waals surface area contributed by atoms with Crippen LogP contribution in [0.4, 0.5) is 5.82 Å². The number of anilines is 1. The molecule has 0 amide bonds. The second kappa shape index (κ2) is 5.35. The highest BCUT2D eigenvalue weighted by Crippen LogP contribution is 2.26. The molecule has 0 N–H and O–H groups in total. The van der Waals surface area contributed by atoms with Crippen molar-refractivity contribution in [3.63, 3.8) is 0 Å². The highest BCUT2D eigenvalue weighted by molar-refractivity contribution is 6.34. The van der Waals surface area contributed by atoms with E-state index in [2.05, 4.69) is 27.9 Å². The summed E-state index contributed by atoms with van der Waals surface area (Å²) in [6.45, 7) is 3.92. The van der Waals surface area contributed by atoms with Crippen LogP contribution in [0.2, 0.25) is 5.02 Å². The summed E-state index contributed by atoms with van der Waals surface area (Å²) >= 11 is 6.19. The van der Waals surface area contributed by atoms with Gasteiger partial charge in [-0.25, -0.2) is 4.98 Å². The van der Waals surface area contributed by atoms with Crippen molar-refractivity contribution >= 4 is 17.4 Å². The molecule has 90 valence electrons. The minimum Gasteiger partial charge on any atom is -0.354 e. The SMILES string of the molecule is CN1CCCN(c2nccc(C#N)c2Cl)CC1. The lowest BCUT2D eigenvalue weighted by Crippen LogP contribution is -2.29. The highest BCUT2D eigenvalue weighted by Gasteiger charge is 2.17. The van der Waals surface area contributed by atoms with Gasteiger partial charge in [-0.1, -0.05) is 11.6 Å². The van der Waals surface area contributed by atoms with E-state index in [4.69, 9.17) is 16.9 Å². The molecule has 1 aliphatic heterocycles. The zero-order chi connectivity index (χ0) is 12.3. The van der Waals surface area contributed by atoms with E-state index in [-0.39, 0.29) is 0 Å². The minimum absolute atomic E-state index is 0.472. The molecule has 4 nitrogen and oxygen atoms in total.